The molecule has 12 N–H and O–H groups in total. The number of aliphatic hydroxyl groups excluding tert-OH is 11. The summed E-state index contributed by atoms with van der Waals surface area (Å²) in [6.45, 7) is 1.72. The lowest BCUT2D eigenvalue weighted by Gasteiger charge is -2.48. The van der Waals surface area contributed by atoms with Crippen molar-refractivity contribution in [2.24, 2.45) is 0 Å². The Labute approximate surface area is 416 Å². The molecule has 3 heterocycles. The third kappa shape index (κ3) is 21.8. The first-order chi connectivity index (χ1) is 33.8. The number of rotatable bonds is 38. The summed E-state index contributed by atoms with van der Waals surface area (Å²) in [4.78, 5) is 13.2. The number of amides is 1. The topological polar surface area (TPSA) is 307 Å². The van der Waals surface area contributed by atoms with E-state index < -0.39 is 124 Å². The molecule has 3 fully saturated rings. The Morgan fingerprint density at radius 2 is 0.900 bits per heavy atom. The van der Waals surface area contributed by atoms with Gasteiger partial charge in [-0.1, -0.05) is 142 Å². The van der Waals surface area contributed by atoms with Gasteiger partial charge in [-0.05, 0) is 38.5 Å². The first-order valence-electron chi connectivity index (χ1n) is 26.9. The molecule has 0 saturated carbocycles. The van der Waals surface area contributed by atoms with Crippen molar-refractivity contribution in [2.45, 2.75) is 279 Å². The number of unbranched alkanes of at least 4 members (excludes halogenated alkanes) is 20. The van der Waals surface area contributed by atoms with E-state index in [4.69, 9.17) is 28.4 Å². The van der Waals surface area contributed by atoms with E-state index in [-0.39, 0.29) is 18.9 Å². The van der Waals surface area contributed by atoms with Crippen LogP contribution in [0.4, 0.5) is 0 Å². The number of allylic oxidation sites excluding steroid dienone is 2. The fourth-order valence-corrected chi connectivity index (χ4v) is 9.31. The number of hydrogen-bond donors (Lipinski definition) is 12. The Kier molecular flexibility index (Phi) is 32.7. The molecule has 3 aliphatic heterocycles. The molecule has 70 heavy (non-hydrogen) atoms. The molecule has 3 rings (SSSR count). The van der Waals surface area contributed by atoms with Gasteiger partial charge < -0.3 is 89.9 Å². The number of carbonyl (C=O) groups is 1. The molecular formula is C51H95NO18. The van der Waals surface area contributed by atoms with Crippen molar-refractivity contribution >= 4 is 5.91 Å². The van der Waals surface area contributed by atoms with E-state index in [0.717, 1.165) is 64.2 Å². The standard InChI is InChI=1S/C51H95NO18/c1-3-5-7-9-11-13-14-15-16-17-18-19-21-23-25-27-29-39(57)52-34(35(56)28-26-24-22-20-12-10-8-6-4-2)33-65-49-45(63)42(60)47(37(31-54)67-49)70-51-46(64)43(61)48(38(32-55)68-51)69-50-44(62)41(59)40(58)36(30-53)66-50/h16-17,34-38,40-51,53-56,58-64H,3-15,18-33H2,1-2H3,(H,52,57)/b17-16-. The second-order valence-electron chi connectivity index (χ2n) is 19.7. The Hall–Kier alpha value is -1.47. The highest BCUT2D eigenvalue weighted by atomic mass is 16.8. The van der Waals surface area contributed by atoms with Crippen molar-refractivity contribution in [1.82, 2.24) is 5.32 Å². The van der Waals surface area contributed by atoms with Gasteiger partial charge in [0.1, 0.15) is 73.2 Å². The molecule has 3 saturated heterocycles. The van der Waals surface area contributed by atoms with E-state index in [9.17, 15) is 61.0 Å². The molecule has 0 spiro atoms. The second kappa shape index (κ2) is 36.5. The van der Waals surface area contributed by atoms with Gasteiger partial charge in [0.15, 0.2) is 18.9 Å². The van der Waals surface area contributed by atoms with Gasteiger partial charge in [-0.3, -0.25) is 4.79 Å². The first kappa shape index (κ1) is 62.8. The van der Waals surface area contributed by atoms with Crippen molar-refractivity contribution in [1.29, 1.82) is 0 Å². The molecule has 0 radical (unpaired) electrons. The van der Waals surface area contributed by atoms with E-state index in [1.807, 2.05) is 0 Å². The van der Waals surface area contributed by atoms with Crippen LogP contribution >= 0.6 is 0 Å². The zero-order chi connectivity index (χ0) is 51.3. The lowest BCUT2D eigenvalue weighted by Crippen LogP contribution is -2.66. The highest BCUT2D eigenvalue weighted by Crippen LogP contribution is 2.33. The molecule has 19 nitrogen and oxygen atoms in total. The largest absolute Gasteiger partial charge is 0.394 e. The zero-order valence-corrected chi connectivity index (χ0v) is 42.3. The van der Waals surface area contributed by atoms with Gasteiger partial charge >= 0.3 is 0 Å². The molecular weight excluding hydrogens is 915 g/mol. The van der Waals surface area contributed by atoms with Gasteiger partial charge in [0.2, 0.25) is 5.91 Å². The Morgan fingerprint density at radius 3 is 1.39 bits per heavy atom. The monoisotopic (exact) mass is 1010 g/mol. The summed E-state index contributed by atoms with van der Waals surface area (Å²) in [5.41, 5.74) is 0. The molecule has 0 aliphatic carbocycles. The lowest BCUT2D eigenvalue weighted by molar-refractivity contribution is -0.379. The van der Waals surface area contributed by atoms with Crippen LogP contribution < -0.4 is 5.32 Å². The third-order valence-electron chi connectivity index (χ3n) is 13.8. The normalized spacial score (nSPS) is 32.6. The van der Waals surface area contributed by atoms with Crippen LogP contribution in [0.15, 0.2) is 12.2 Å². The van der Waals surface area contributed by atoms with E-state index in [0.29, 0.717) is 12.8 Å². The third-order valence-corrected chi connectivity index (χ3v) is 13.8. The Balaban J connectivity index is 1.52. The van der Waals surface area contributed by atoms with Crippen molar-refractivity contribution in [3.05, 3.63) is 12.2 Å². The van der Waals surface area contributed by atoms with E-state index in [1.165, 1.54) is 77.0 Å². The van der Waals surface area contributed by atoms with Crippen molar-refractivity contribution in [2.75, 3.05) is 26.4 Å². The zero-order valence-electron chi connectivity index (χ0n) is 42.3. The van der Waals surface area contributed by atoms with Crippen LogP contribution in [0.2, 0.25) is 0 Å². The van der Waals surface area contributed by atoms with Crippen LogP contribution in [-0.4, -0.2) is 193 Å². The van der Waals surface area contributed by atoms with E-state index in [2.05, 4.69) is 31.3 Å². The van der Waals surface area contributed by atoms with Crippen LogP contribution in [0, 0.1) is 0 Å². The highest BCUT2D eigenvalue weighted by molar-refractivity contribution is 5.76. The van der Waals surface area contributed by atoms with Crippen LogP contribution in [0.25, 0.3) is 0 Å². The fourth-order valence-electron chi connectivity index (χ4n) is 9.31. The van der Waals surface area contributed by atoms with Crippen molar-refractivity contribution in [3.8, 4) is 0 Å². The minimum Gasteiger partial charge on any atom is -0.394 e. The van der Waals surface area contributed by atoms with E-state index in [1.54, 1.807) is 0 Å². The maximum atomic E-state index is 13.2. The second-order valence-corrected chi connectivity index (χ2v) is 19.7. The van der Waals surface area contributed by atoms with Crippen molar-refractivity contribution < 1.29 is 89.4 Å². The average Bonchev–Trinajstić information content (AvgIpc) is 3.35. The number of carbonyl (C=O) groups excluding carboxylic acids is 1. The molecule has 1 amide bonds. The van der Waals surface area contributed by atoms with Crippen LogP contribution in [0.3, 0.4) is 0 Å². The summed E-state index contributed by atoms with van der Waals surface area (Å²) in [5.74, 6) is -0.255. The average molecular weight is 1010 g/mol. The number of ether oxygens (including phenoxy) is 6. The lowest BCUT2D eigenvalue weighted by atomic mass is 9.96. The predicted octanol–water partition coefficient (Wildman–Crippen LogP) is 2.65. The van der Waals surface area contributed by atoms with Crippen LogP contribution in [0.5, 0.6) is 0 Å². The predicted molar refractivity (Wildman–Crippen MR) is 259 cm³/mol. The summed E-state index contributed by atoms with van der Waals surface area (Å²) in [5, 5.41) is 120. The summed E-state index contributed by atoms with van der Waals surface area (Å²) in [7, 11) is 0. The molecule has 0 aromatic carbocycles. The number of nitrogens with one attached hydrogen (secondary N) is 1. The van der Waals surface area contributed by atoms with Gasteiger partial charge in [0.25, 0.3) is 0 Å². The van der Waals surface area contributed by atoms with Crippen molar-refractivity contribution in [3.63, 3.8) is 0 Å². The number of aliphatic hydroxyl groups is 11. The molecule has 3 aliphatic rings. The maximum absolute atomic E-state index is 13.2. The number of hydrogen-bond acceptors (Lipinski definition) is 18. The Bertz CT molecular complexity index is 1350. The maximum Gasteiger partial charge on any atom is 0.220 e. The Morgan fingerprint density at radius 1 is 0.500 bits per heavy atom. The quantitative estimate of drug-likeness (QED) is 0.0313. The summed E-state index contributed by atoms with van der Waals surface area (Å²) < 4.78 is 34.1. The van der Waals surface area contributed by atoms with Gasteiger partial charge in [-0.2, -0.15) is 0 Å². The van der Waals surface area contributed by atoms with Crippen LogP contribution in [0.1, 0.15) is 174 Å². The molecule has 0 aromatic rings. The van der Waals surface area contributed by atoms with E-state index >= 15 is 0 Å². The minimum absolute atomic E-state index is 0.255. The summed E-state index contributed by atoms with van der Waals surface area (Å²) >= 11 is 0. The molecule has 17 atom stereocenters. The summed E-state index contributed by atoms with van der Waals surface area (Å²) in [6.07, 6.45) is 4.71. The van der Waals surface area contributed by atoms with Gasteiger partial charge in [-0.15, -0.1) is 0 Å². The molecule has 19 heteroatoms. The van der Waals surface area contributed by atoms with Crippen LogP contribution in [-0.2, 0) is 33.2 Å². The smallest absolute Gasteiger partial charge is 0.220 e. The molecule has 412 valence electrons. The first-order valence-corrected chi connectivity index (χ1v) is 26.9. The van der Waals surface area contributed by atoms with Gasteiger partial charge in [0.05, 0.1) is 38.6 Å². The highest BCUT2D eigenvalue weighted by Gasteiger charge is 2.53. The van der Waals surface area contributed by atoms with Gasteiger partial charge in [0, 0.05) is 6.42 Å². The SMILES string of the molecule is CCCCCCCCC/C=C\CCCCCCCC(=O)NC(COC1OC(CO)C(OC2OC(CO)C(OC3OC(CO)C(O)C(O)C3O)C(O)C2O)C(O)C1O)C(O)CCCCCCCCCCC. The molecule has 0 bridgehead atoms. The molecule has 0 aromatic heterocycles. The summed E-state index contributed by atoms with van der Waals surface area (Å²) in [6, 6.07) is -0.885. The van der Waals surface area contributed by atoms with Gasteiger partial charge in [-0.25, -0.2) is 0 Å². The molecule has 17 unspecified atom stereocenters. The fraction of sp³-hybridized carbons (Fsp3) is 0.941. The minimum atomic E-state index is -1.97.